The van der Waals surface area contributed by atoms with Gasteiger partial charge in [-0.1, -0.05) is 36.4 Å². The van der Waals surface area contributed by atoms with Crippen molar-refractivity contribution in [2.75, 3.05) is 68.6 Å². The minimum atomic E-state index is -0.203. The number of nitrogens with one attached hydrogen (secondary N) is 4. The highest BCUT2D eigenvalue weighted by Gasteiger charge is 2.10. The molecule has 0 bridgehead atoms. The Kier molecular flexibility index (Phi) is 13.2. The molecule has 4 rings (SSSR count). The summed E-state index contributed by atoms with van der Waals surface area (Å²) in [6.45, 7) is 4.85. The number of hydrogen-bond donors (Lipinski definition) is 5. The Hall–Kier alpha value is -4.59. The van der Waals surface area contributed by atoms with Crippen LogP contribution in [0.1, 0.15) is 22.3 Å². The predicted octanol–water partition coefficient (Wildman–Crippen LogP) is 2.69. The lowest BCUT2D eigenvalue weighted by Crippen LogP contribution is -2.27. The molecule has 0 aliphatic heterocycles. The highest BCUT2D eigenvalue weighted by atomic mass is 16.5. The topological polar surface area (TPSA) is 166 Å². The molecule has 0 spiro atoms. The number of aryl methyl sites for hydroxylation is 1. The molecule has 0 radical (unpaired) electrons. The van der Waals surface area contributed by atoms with Gasteiger partial charge in [0, 0.05) is 56.4 Å². The molecule has 0 atom stereocenters. The van der Waals surface area contributed by atoms with E-state index < -0.39 is 0 Å². The normalized spacial score (nSPS) is 10.8. The maximum absolute atomic E-state index is 12.7. The molecular formula is C30H40N10O3. The third-order valence-corrected chi connectivity index (χ3v) is 6.16. The zero-order valence-corrected chi connectivity index (χ0v) is 24.2. The molecule has 4 aromatic rings. The number of carbonyl (C=O) groups excluding carboxylic acids is 1. The van der Waals surface area contributed by atoms with Gasteiger partial charge in [0.25, 0.3) is 5.91 Å². The first kappa shape index (κ1) is 31.3. The number of benzene rings is 2. The average Bonchev–Trinajstić information content (AvgIpc) is 3.55. The van der Waals surface area contributed by atoms with E-state index in [-0.39, 0.29) is 5.91 Å². The fraction of sp³-hybridized carbons (Fsp3) is 0.367. The number of ether oxygens (including phenoxy) is 2. The number of aromatic nitrogens is 5. The van der Waals surface area contributed by atoms with Gasteiger partial charge in [-0.2, -0.15) is 15.0 Å². The molecule has 13 heteroatoms. The molecule has 6 N–H and O–H groups in total. The second-order valence-electron chi connectivity index (χ2n) is 9.52. The molecule has 2 heterocycles. The molecule has 228 valence electrons. The van der Waals surface area contributed by atoms with E-state index in [0.29, 0.717) is 81.7 Å². The van der Waals surface area contributed by atoms with Gasteiger partial charge >= 0.3 is 0 Å². The number of rotatable bonds is 20. The maximum atomic E-state index is 12.7. The Morgan fingerprint density at radius 2 is 1.60 bits per heavy atom. The molecule has 13 nitrogen and oxygen atoms in total. The van der Waals surface area contributed by atoms with Gasteiger partial charge in [-0.15, -0.1) is 0 Å². The maximum Gasteiger partial charge on any atom is 0.251 e. The highest BCUT2D eigenvalue weighted by Crippen LogP contribution is 2.18. The van der Waals surface area contributed by atoms with E-state index in [1.54, 1.807) is 30.7 Å². The average molecular weight is 589 g/mol. The molecule has 0 saturated carbocycles. The number of imidazole rings is 1. The van der Waals surface area contributed by atoms with Crippen molar-refractivity contribution in [2.45, 2.75) is 19.4 Å². The quantitative estimate of drug-likeness (QED) is 0.0964. The van der Waals surface area contributed by atoms with Gasteiger partial charge < -0.3 is 41.0 Å². The number of nitrogens with zero attached hydrogens (tertiary/aromatic N) is 5. The summed E-state index contributed by atoms with van der Waals surface area (Å²) in [6.07, 6.45) is 7.19. The van der Waals surface area contributed by atoms with E-state index in [2.05, 4.69) is 53.3 Å². The van der Waals surface area contributed by atoms with Crippen molar-refractivity contribution in [1.82, 2.24) is 29.8 Å². The summed E-state index contributed by atoms with van der Waals surface area (Å²) in [6, 6.07) is 17.4. The number of carbonyl (C=O) groups is 1. The smallest absolute Gasteiger partial charge is 0.251 e. The van der Waals surface area contributed by atoms with Gasteiger partial charge in [0.2, 0.25) is 17.8 Å². The highest BCUT2D eigenvalue weighted by molar-refractivity contribution is 5.95. The molecular weight excluding hydrogens is 548 g/mol. The second-order valence-corrected chi connectivity index (χ2v) is 9.52. The van der Waals surface area contributed by atoms with E-state index in [4.69, 9.17) is 15.2 Å². The first-order chi connectivity index (χ1) is 21.2. The Bertz CT molecular complexity index is 1360. The van der Waals surface area contributed by atoms with Crippen molar-refractivity contribution in [2.24, 2.45) is 5.73 Å². The van der Waals surface area contributed by atoms with Crippen molar-refractivity contribution < 1.29 is 14.3 Å². The number of hydrogen-bond acceptors (Lipinski definition) is 11. The Morgan fingerprint density at radius 1 is 0.837 bits per heavy atom. The first-order valence-electron chi connectivity index (χ1n) is 14.4. The molecule has 0 fully saturated rings. The minimum Gasteiger partial charge on any atom is -0.378 e. The Morgan fingerprint density at radius 3 is 2.37 bits per heavy atom. The molecule has 2 aromatic carbocycles. The molecule has 0 unspecified atom stereocenters. The van der Waals surface area contributed by atoms with E-state index in [9.17, 15) is 4.79 Å². The number of anilines is 4. The van der Waals surface area contributed by atoms with Crippen LogP contribution in [0.15, 0.2) is 73.3 Å². The van der Waals surface area contributed by atoms with Crippen molar-refractivity contribution >= 4 is 29.4 Å². The van der Waals surface area contributed by atoms with Gasteiger partial charge in [-0.25, -0.2) is 4.98 Å². The van der Waals surface area contributed by atoms with Crippen LogP contribution in [0.3, 0.4) is 0 Å². The lowest BCUT2D eigenvalue weighted by Gasteiger charge is -2.12. The monoisotopic (exact) mass is 588 g/mol. The standard InChI is InChI=1S/C30H40N10O3/c31-11-18-42-20-21-43-19-15-33-27(41)25-8-4-9-26(22-25)36-30-38-28(34-12-5-16-40-17-14-32-23-40)37-29(39-30)35-13-10-24-6-2-1-3-7-24/h1-4,6-9,14,17,22-23H,5,10-13,15-16,18-21,31H2,(H,33,41)(H3,34,35,36,37,38,39). The third kappa shape index (κ3) is 11.7. The molecule has 0 aliphatic rings. The zero-order valence-electron chi connectivity index (χ0n) is 24.2. The summed E-state index contributed by atoms with van der Waals surface area (Å²) in [5.74, 6) is 1.06. The van der Waals surface area contributed by atoms with Gasteiger partial charge in [0.1, 0.15) is 0 Å². The third-order valence-electron chi connectivity index (χ3n) is 6.16. The van der Waals surface area contributed by atoms with Crippen LogP contribution < -0.4 is 27.0 Å². The van der Waals surface area contributed by atoms with Crippen LogP contribution in [0.5, 0.6) is 0 Å². The van der Waals surface area contributed by atoms with Crippen LogP contribution in [0, 0.1) is 0 Å². The van der Waals surface area contributed by atoms with Crippen LogP contribution in [0.25, 0.3) is 0 Å². The number of amides is 1. The van der Waals surface area contributed by atoms with Crippen molar-refractivity contribution in [3.8, 4) is 0 Å². The van der Waals surface area contributed by atoms with Gasteiger partial charge in [-0.05, 0) is 36.6 Å². The van der Waals surface area contributed by atoms with Crippen LogP contribution in [-0.2, 0) is 22.4 Å². The summed E-state index contributed by atoms with van der Waals surface area (Å²) >= 11 is 0. The summed E-state index contributed by atoms with van der Waals surface area (Å²) in [4.78, 5) is 30.5. The van der Waals surface area contributed by atoms with Gasteiger partial charge in [-0.3, -0.25) is 4.79 Å². The van der Waals surface area contributed by atoms with Crippen LogP contribution in [0.4, 0.5) is 23.5 Å². The zero-order chi connectivity index (χ0) is 30.0. The SMILES string of the molecule is NCCOCCOCCNC(=O)c1cccc(Nc2nc(NCCCn3ccnc3)nc(NCCc3ccccc3)n2)c1. The molecule has 0 saturated heterocycles. The summed E-state index contributed by atoms with van der Waals surface area (Å²) in [5.41, 5.74) is 7.78. The summed E-state index contributed by atoms with van der Waals surface area (Å²) < 4.78 is 12.8. The van der Waals surface area contributed by atoms with Crippen LogP contribution in [-0.4, -0.2) is 83.0 Å². The largest absolute Gasteiger partial charge is 0.378 e. The minimum absolute atomic E-state index is 0.203. The molecule has 1 amide bonds. The van der Waals surface area contributed by atoms with E-state index in [1.165, 1.54) is 5.56 Å². The number of nitrogens with two attached hydrogens (primary N) is 1. The first-order valence-corrected chi connectivity index (χ1v) is 14.4. The van der Waals surface area contributed by atoms with E-state index in [0.717, 1.165) is 19.4 Å². The predicted molar refractivity (Wildman–Crippen MR) is 167 cm³/mol. The molecule has 2 aromatic heterocycles. The van der Waals surface area contributed by atoms with Crippen LogP contribution >= 0.6 is 0 Å². The summed E-state index contributed by atoms with van der Waals surface area (Å²) in [5, 5.41) is 12.7. The van der Waals surface area contributed by atoms with Gasteiger partial charge in [0.15, 0.2) is 0 Å². The Balaban J connectivity index is 1.33. The van der Waals surface area contributed by atoms with E-state index >= 15 is 0 Å². The van der Waals surface area contributed by atoms with Crippen molar-refractivity contribution in [3.05, 3.63) is 84.4 Å². The Labute approximate surface area is 251 Å². The molecule has 43 heavy (non-hydrogen) atoms. The molecule has 0 aliphatic carbocycles. The van der Waals surface area contributed by atoms with Crippen molar-refractivity contribution in [1.29, 1.82) is 0 Å². The fourth-order valence-electron chi connectivity index (χ4n) is 4.05. The van der Waals surface area contributed by atoms with Crippen LogP contribution in [0.2, 0.25) is 0 Å². The van der Waals surface area contributed by atoms with Crippen molar-refractivity contribution in [3.63, 3.8) is 0 Å². The van der Waals surface area contributed by atoms with E-state index in [1.807, 2.05) is 35.0 Å². The lowest BCUT2D eigenvalue weighted by molar-refractivity contribution is 0.0511. The summed E-state index contributed by atoms with van der Waals surface area (Å²) in [7, 11) is 0. The van der Waals surface area contributed by atoms with Gasteiger partial charge in [0.05, 0.1) is 32.8 Å². The fourth-order valence-corrected chi connectivity index (χ4v) is 4.05. The lowest BCUT2D eigenvalue weighted by atomic mass is 10.1. The second kappa shape index (κ2) is 18.1.